The van der Waals surface area contributed by atoms with Gasteiger partial charge in [0.05, 0.1) is 23.6 Å². The molecular weight excluding hydrogens is 424 g/mol. The molecule has 1 saturated carbocycles. The van der Waals surface area contributed by atoms with Crippen LogP contribution in [0.4, 0.5) is 11.6 Å². The fourth-order valence-corrected chi connectivity index (χ4v) is 4.68. The standard InChI is InChI=1S/C26H32N8/c27-14-13-21(18-5-2-1-3-6-18)32-24-8-4-7-22(33-24)23-17-30-26-25(29-15-16-34(23)26)31-20-11-9-19(28)10-12-20/h1-8,15-17,19-21H,9-14,27-28H2,(H,29,31)(H,32,33). The van der Waals surface area contributed by atoms with Gasteiger partial charge < -0.3 is 22.1 Å². The highest BCUT2D eigenvalue weighted by molar-refractivity contribution is 5.70. The van der Waals surface area contributed by atoms with E-state index >= 15 is 0 Å². The van der Waals surface area contributed by atoms with Crippen LogP contribution in [0.2, 0.25) is 0 Å². The zero-order valence-corrected chi connectivity index (χ0v) is 19.3. The van der Waals surface area contributed by atoms with E-state index in [-0.39, 0.29) is 6.04 Å². The van der Waals surface area contributed by atoms with Crippen LogP contribution in [0, 0.1) is 0 Å². The SMILES string of the molecule is NCCC(Nc1cccc(-c2cnc3c(NC4CCC(N)CC4)nccn23)n1)c1ccccc1. The summed E-state index contributed by atoms with van der Waals surface area (Å²) in [5, 5.41) is 7.14. The lowest BCUT2D eigenvalue weighted by atomic mass is 9.92. The predicted molar refractivity (Wildman–Crippen MR) is 137 cm³/mol. The summed E-state index contributed by atoms with van der Waals surface area (Å²) in [6.45, 7) is 0.592. The van der Waals surface area contributed by atoms with E-state index in [0.29, 0.717) is 18.6 Å². The molecule has 8 heteroatoms. The van der Waals surface area contributed by atoms with Crippen molar-refractivity contribution in [3.8, 4) is 11.4 Å². The van der Waals surface area contributed by atoms with Gasteiger partial charge in [-0.3, -0.25) is 4.40 Å². The molecule has 0 radical (unpaired) electrons. The minimum absolute atomic E-state index is 0.0970. The van der Waals surface area contributed by atoms with E-state index in [9.17, 15) is 0 Å². The lowest BCUT2D eigenvalue weighted by Crippen LogP contribution is -2.33. The molecule has 1 atom stereocenters. The number of fused-ring (bicyclic) bond motifs is 1. The Balaban J connectivity index is 1.39. The van der Waals surface area contributed by atoms with Gasteiger partial charge in [-0.1, -0.05) is 36.4 Å². The van der Waals surface area contributed by atoms with Crippen molar-refractivity contribution >= 4 is 17.3 Å². The third-order valence-corrected chi connectivity index (χ3v) is 6.53. The number of hydrogen-bond acceptors (Lipinski definition) is 7. The molecule has 3 heterocycles. The van der Waals surface area contributed by atoms with E-state index in [2.05, 4.69) is 32.7 Å². The van der Waals surface area contributed by atoms with Gasteiger partial charge in [-0.05, 0) is 56.3 Å². The summed E-state index contributed by atoms with van der Waals surface area (Å²) in [6.07, 6.45) is 10.6. The lowest BCUT2D eigenvalue weighted by molar-refractivity contribution is 0.410. The first-order valence-corrected chi connectivity index (χ1v) is 12.0. The van der Waals surface area contributed by atoms with Crippen LogP contribution >= 0.6 is 0 Å². The molecule has 0 aliphatic heterocycles. The van der Waals surface area contributed by atoms with Crippen molar-refractivity contribution in [3.63, 3.8) is 0 Å². The number of aromatic nitrogens is 4. The average Bonchev–Trinajstić information content (AvgIpc) is 3.31. The van der Waals surface area contributed by atoms with Crippen LogP contribution in [0.25, 0.3) is 17.0 Å². The Kier molecular flexibility index (Phi) is 6.69. The van der Waals surface area contributed by atoms with Crippen LogP contribution in [0.1, 0.15) is 43.7 Å². The number of nitrogens with zero attached hydrogens (tertiary/aromatic N) is 4. The maximum absolute atomic E-state index is 6.06. The smallest absolute Gasteiger partial charge is 0.180 e. The molecule has 1 aliphatic carbocycles. The van der Waals surface area contributed by atoms with Crippen LogP contribution in [-0.2, 0) is 0 Å². The topological polar surface area (TPSA) is 119 Å². The summed E-state index contributed by atoms with van der Waals surface area (Å²) in [7, 11) is 0. The molecule has 0 spiro atoms. The zero-order valence-electron chi connectivity index (χ0n) is 19.3. The molecule has 0 amide bonds. The van der Waals surface area contributed by atoms with Gasteiger partial charge in [-0.2, -0.15) is 0 Å². The van der Waals surface area contributed by atoms with Gasteiger partial charge in [0.2, 0.25) is 0 Å². The van der Waals surface area contributed by atoms with Crippen LogP contribution in [0.5, 0.6) is 0 Å². The van der Waals surface area contributed by atoms with Crippen LogP contribution in [-0.4, -0.2) is 38.0 Å². The number of imidazole rings is 1. The molecule has 6 N–H and O–H groups in total. The number of anilines is 2. The Hall–Kier alpha value is -3.49. The minimum atomic E-state index is 0.0970. The van der Waals surface area contributed by atoms with E-state index in [0.717, 1.165) is 60.8 Å². The Morgan fingerprint density at radius 3 is 2.62 bits per heavy atom. The molecular formula is C26H32N8. The van der Waals surface area contributed by atoms with Gasteiger partial charge in [0.15, 0.2) is 11.5 Å². The minimum Gasteiger partial charge on any atom is -0.364 e. The number of nitrogens with one attached hydrogen (secondary N) is 2. The lowest BCUT2D eigenvalue weighted by Gasteiger charge is -2.27. The molecule has 0 bridgehead atoms. The number of hydrogen-bond donors (Lipinski definition) is 4. The summed E-state index contributed by atoms with van der Waals surface area (Å²) in [5.41, 5.74) is 15.7. The average molecular weight is 457 g/mol. The third-order valence-electron chi connectivity index (χ3n) is 6.53. The first-order chi connectivity index (χ1) is 16.7. The van der Waals surface area contributed by atoms with Gasteiger partial charge in [0.1, 0.15) is 5.82 Å². The van der Waals surface area contributed by atoms with Gasteiger partial charge in [0, 0.05) is 24.5 Å². The molecule has 1 fully saturated rings. The van der Waals surface area contributed by atoms with Crippen LogP contribution in [0.15, 0.2) is 67.1 Å². The van der Waals surface area contributed by atoms with E-state index in [1.807, 2.05) is 59.4 Å². The monoisotopic (exact) mass is 456 g/mol. The number of benzene rings is 1. The number of rotatable bonds is 8. The first-order valence-electron chi connectivity index (χ1n) is 12.0. The largest absolute Gasteiger partial charge is 0.364 e. The second kappa shape index (κ2) is 10.2. The Labute approximate surface area is 199 Å². The fourth-order valence-electron chi connectivity index (χ4n) is 4.68. The molecule has 5 rings (SSSR count). The predicted octanol–water partition coefficient (Wildman–Crippen LogP) is 3.98. The van der Waals surface area contributed by atoms with Crippen molar-refractivity contribution in [1.29, 1.82) is 0 Å². The molecule has 176 valence electrons. The fraction of sp³-hybridized carbons (Fsp3) is 0.346. The maximum Gasteiger partial charge on any atom is 0.180 e. The normalized spacial score (nSPS) is 19.1. The summed E-state index contributed by atoms with van der Waals surface area (Å²) in [5.74, 6) is 1.61. The van der Waals surface area contributed by atoms with Gasteiger partial charge in [-0.25, -0.2) is 15.0 Å². The highest BCUT2D eigenvalue weighted by atomic mass is 15.1. The van der Waals surface area contributed by atoms with E-state index < -0.39 is 0 Å². The van der Waals surface area contributed by atoms with Gasteiger partial charge in [0.25, 0.3) is 0 Å². The third kappa shape index (κ3) is 4.88. The van der Waals surface area contributed by atoms with Crippen molar-refractivity contribution in [2.75, 3.05) is 17.2 Å². The van der Waals surface area contributed by atoms with Crippen molar-refractivity contribution < 1.29 is 0 Å². The van der Waals surface area contributed by atoms with Gasteiger partial charge >= 0.3 is 0 Å². The summed E-state index contributed by atoms with van der Waals surface area (Å²) in [4.78, 5) is 14.1. The van der Waals surface area contributed by atoms with Crippen molar-refractivity contribution in [3.05, 3.63) is 72.7 Å². The molecule has 34 heavy (non-hydrogen) atoms. The molecule has 1 aliphatic rings. The second-order valence-corrected chi connectivity index (χ2v) is 8.96. The highest BCUT2D eigenvalue weighted by Gasteiger charge is 2.20. The van der Waals surface area contributed by atoms with Crippen molar-refractivity contribution in [1.82, 2.24) is 19.4 Å². The van der Waals surface area contributed by atoms with E-state index in [1.54, 1.807) is 0 Å². The Morgan fingerprint density at radius 2 is 1.82 bits per heavy atom. The molecule has 1 aromatic carbocycles. The highest BCUT2D eigenvalue weighted by Crippen LogP contribution is 2.27. The van der Waals surface area contributed by atoms with Crippen LogP contribution in [0.3, 0.4) is 0 Å². The Morgan fingerprint density at radius 1 is 1.00 bits per heavy atom. The summed E-state index contributed by atoms with van der Waals surface area (Å²) in [6, 6.07) is 17.1. The summed E-state index contributed by atoms with van der Waals surface area (Å²) >= 11 is 0. The maximum atomic E-state index is 6.06. The zero-order chi connectivity index (χ0) is 23.3. The molecule has 1 unspecified atom stereocenters. The van der Waals surface area contributed by atoms with Crippen LogP contribution < -0.4 is 22.1 Å². The van der Waals surface area contributed by atoms with E-state index in [1.165, 1.54) is 5.56 Å². The van der Waals surface area contributed by atoms with Crippen molar-refractivity contribution in [2.24, 2.45) is 11.5 Å². The first kappa shape index (κ1) is 22.3. The number of pyridine rings is 1. The quantitative estimate of drug-likeness (QED) is 0.317. The van der Waals surface area contributed by atoms with Gasteiger partial charge in [-0.15, -0.1) is 0 Å². The second-order valence-electron chi connectivity index (χ2n) is 8.96. The molecule has 0 saturated heterocycles. The Bertz CT molecular complexity index is 1210. The molecule has 8 nitrogen and oxygen atoms in total. The van der Waals surface area contributed by atoms with Crippen molar-refractivity contribution in [2.45, 2.75) is 50.2 Å². The summed E-state index contributed by atoms with van der Waals surface area (Å²) < 4.78 is 2.05. The number of nitrogens with two attached hydrogens (primary N) is 2. The van der Waals surface area contributed by atoms with E-state index in [4.69, 9.17) is 16.5 Å². The molecule has 3 aromatic heterocycles. The molecule has 4 aromatic rings.